The second kappa shape index (κ2) is 9.04. The minimum atomic E-state index is 0.234. The molecule has 1 N–H and O–H groups in total. The summed E-state index contributed by atoms with van der Waals surface area (Å²) in [6.07, 6.45) is 3.59. The summed E-state index contributed by atoms with van der Waals surface area (Å²) < 4.78 is 5.51. The molecule has 0 spiro atoms. The number of piperazine rings is 1. The number of aryl methyl sites for hydroxylation is 1. The number of morpholine rings is 1. The molecule has 0 unspecified atom stereocenters. The van der Waals surface area contributed by atoms with Crippen LogP contribution < -0.4 is 4.90 Å². The number of aliphatic hydroxyl groups is 1. The molecule has 2 fully saturated rings. The van der Waals surface area contributed by atoms with Crippen LogP contribution in [0.1, 0.15) is 29.6 Å². The van der Waals surface area contributed by atoms with E-state index in [0.29, 0.717) is 0 Å². The van der Waals surface area contributed by atoms with E-state index in [1.165, 1.54) is 33.5 Å². The molecular weight excluding hydrogens is 398 g/mol. The largest absolute Gasteiger partial charge is 0.395 e. The number of thiophene rings is 1. The van der Waals surface area contributed by atoms with Crippen LogP contribution in [-0.2, 0) is 24.1 Å². The zero-order valence-electron chi connectivity index (χ0n) is 18.0. The van der Waals surface area contributed by atoms with Gasteiger partial charge in [0.2, 0.25) is 0 Å². The van der Waals surface area contributed by atoms with Crippen LogP contribution >= 0.6 is 11.3 Å². The second-order valence-electron chi connectivity index (χ2n) is 8.94. The number of aromatic nitrogens is 2. The van der Waals surface area contributed by atoms with Crippen molar-refractivity contribution in [3.63, 3.8) is 0 Å². The topological polar surface area (TPSA) is 65.0 Å². The number of anilines is 1. The second-order valence-corrected chi connectivity index (χ2v) is 10.0. The zero-order valence-corrected chi connectivity index (χ0v) is 18.8. The summed E-state index contributed by atoms with van der Waals surface area (Å²) in [6.45, 7) is 11.6. The van der Waals surface area contributed by atoms with Gasteiger partial charge in [0.25, 0.3) is 0 Å². The van der Waals surface area contributed by atoms with Crippen LogP contribution in [0.4, 0.5) is 5.82 Å². The van der Waals surface area contributed by atoms with Gasteiger partial charge in [-0.1, -0.05) is 6.92 Å². The average molecular weight is 432 g/mol. The average Bonchev–Trinajstić information content (AvgIpc) is 3.12. The van der Waals surface area contributed by atoms with Gasteiger partial charge in [0, 0.05) is 50.7 Å². The van der Waals surface area contributed by atoms with Crippen molar-refractivity contribution in [2.45, 2.75) is 32.7 Å². The lowest BCUT2D eigenvalue weighted by Crippen LogP contribution is -2.47. The van der Waals surface area contributed by atoms with Gasteiger partial charge in [-0.05, 0) is 30.7 Å². The van der Waals surface area contributed by atoms with Crippen molar-refractivity contribution in [1.82, 2.24) is 19.8 Å². The molecule has 7 nitrogen and oxygen atoms in total. The minimum absolute atomic E-state index is 0.234. The van der Waals surface area contributed by atoms with Crippen LogP contribution in [0.5, 0.6) is 0 Å². The Bertz CT molecular complexity index is 874. The quantitative estimate of drug-likeness (QED) is 0.774. The minimum Gasteiger partial charge on any atom is -0.395 e. The number of β-amino-alcohol motifs (C(OH)–C–C–N with tert-alkyl or cyclic N) is 1. The lowest BCUT2D eigenvalue weighted by Gasteiger charge is -2.35. The third-order valence-corrected chi connectivity index (χ3v) is 7.89. The van der Waals surface area contributed by atoms with Gasteiger partial charge in [-0.15, -0.1) is 11.3 Å². The van der Waals surface area contributed by atoms with E-state index >= 15 is 0 Å². The van der Waals surface area contributed by atoms with Crippen molar-refractivity contribution in [2.24, 2.45) is 5.92 Å². The molecule has 8 heteroatoms. The fourth-order valence-electron chi connectivity index (χ4n) is 4.95. The number of hydrogen-bond acceptors (Lipinski definition) is 8. The summed E-state index contributed by atoms with van der Waals surface area (Å²) in [5, 5.41) is 10.6. The van der Waals surface area contributed by atoms with Crippen LogP contribution in [0, 0.1) is 5.92 Å². The summed E-state index contributed by atoms with van der Waals surface area (Å²) in [6, 6.07) is 0. The van der Waals surface area contributed by atoms with E-state index in [2.05, 4.69) is 21.6 Å². The van der Waals surface area contributed by atoms with E-state index in [1.807, 2.05) is 11.3 Å². The van der Waals surface area contributed by atoms with Gasteiger partial charge in [-0.3, -0.25) is 9.80 Å². The molecule has 2 aromatic heterocycles. The van der Waals surface area contributed by atoms with E-state index in [0.717, 1.165) is 89.6 Å². The van der Waals surface area contributed by atoms with Gasteiger partial charge in [-0.25, -0.2) is 9.97 Å². The lowest BCUT2D eigenvalue weighted by atomic mass is 9.89. The van der Waals surface area contributed by atoms with Crippen molar-refractivity contribution in [1.29, 1.82) is 0 Å². The third kappa shape index (κ3) is 4.21. The number of hydrogen-bond donors (Lipinski definition) is 1. The van der Waals surface area contributed by atoms with E-state index in [4.69, 9.17) is 14.7 Å². The first kappa shape index (κ1) is 20.6. The van der Waals surface area contributed by atoms with Gasteiger partial charge >= 0.3 is 0 Å². The molecule has 4 heterocycles. The Morgan fingerprint density at radius 3 is 2.63 bits per heavy atom. The SMILES string of the molecule is C[C@H]1CCc2c(sc3nc(CN4CCOCC4)nc(N4CCN(CCO)CC4)c23)C1. The first-order valence-corrected chi connectivity index (χ1v) is 12.2. The Hall–Kier alpha value is -1.32. The van der Waals surface area contributed by atoms with Gasteiger partial charge in [-0.2, -0.15) is 0 Å². The normalized spacial score (nSPS) is 23.8. The Morgan fingerprint density at radius 1 is 1.07 bits per heavy atom. The fourth-order valence-corrected chi connectivity index (χ4v) is 6.35. The van der Waals surface area contributed by atoms with Crippen molar-refractivity contribution in [3.8, 4) is 0 Å². The van der Waals surface area contributed by atoms with E-state index in [1.54, 1.807) is 0 Å². The summed E-state index contributed by atoms with van der Waals surface area (Å²) in [4.78, 5) is 20.1. The summed E-state index contributed by atoms with van der Waals surface area (Å²) in [5.74, 6) is 2.86. The first-order chi connectivity index (χ1) is 14.7. The molecule has 30 heavy (non-hydrogen) atoms. The summed E-state index contributed by atoms with van der Waals surface area (Å²) in [7, 11) is 0. The van der Waals surface area contributed by atoms with Crippen LogP contribution in [0.2, 0.25) is 0 Å². The number of aliphatic hydroxyl groups excluding tert-OH is 1. The van der Waals surface area contributed by atoms with E-state index < -0.39 is 0 Å². The number of rotatable bonds is 5. The molecule has 2 aromatic rings. The highest BCUT2D eigenvalue weighted by atomic mass is 32.1. The molecule has 2 aliphatic heterocycles. The Morgan fingerprint density at radius 2 is 1.87 bits per heavy atom. The van der Waals surface area contributed by atoms with Crippen molar-refractivity contribution >= 4 is 27.4 Å². The molecular formula is C22H33N5O2S. The summed E-state index contributed by atoms with van der Waals surface area (Å²) in [5.41, 5.74) is 1.51. The Balaban J connectivity index is 1.49. The molecule has 0 radical (unpaired) electrons. The van der Waals surface area contributed by atoms with Crippen LogP contribution in [0.25, 0.3) is 10.2 Å². The number of fused-ring (bicyclic) bond motifs is 3. The van der Waals surface area contributed by atoms with E-state index in [-0.39, 0.29) is 6.61 Å². The maximum Gasteiger partial charge on any atom is 0.146 e. The van der Waals surface area contributed by atoms with Crippen molar-refractivity contribution < 1.29 is 9.84 Å². The molecule has 164 valence electrons. The van der Waals surface area contributed by atoms with Gasteiger partial charge in [0.15, 0.2) is 0 Å². The molecule has 0 aromatic carbocycles. The monoisotopic (exact) mass is 431 g/mol. The van der Waals surface area contributed by atoms with Crippen LogP contribution in [0.3, 0.4) is 0 Å². The predicted molar refractivity (Wildman–Crippen MR) is 120 cm³/mol. The molecule has 0 bridgehead atoms. The standard InChI is InChI=1S/C22H33N5O2S/c1-16-2-3-17-18(14-16)30-22-20(17)21(27-6-4-25(5-7-27)8-11-28)23-19(24-22)15-26-9-12-29-13-10-26/h16,28H,2-15H2,1H3/t16-/m0/s1. The van der Waals surface area contributed by atoms with Gasteiger partial charge < -0.3 is 14.7 Å². The number of nitrogens with zero attached hydrogens (tertiary/aromatic N) is 5. The molecule has 1 atom stereocenters. The smallest absolute Gasteiger partial charge is 0.146 e. The van der Waals surface area contributed by atoms with Crippen molar-refractivity contribution in [3.05, 3.63) is 16.3 Å². The summed E-state index contributed by atoms with van der Waals surface area (Å²) >= 11 is 1.90. The molecule has 2 saturated heterocycles. The molecule has 3 aliphatic rings. The maximum absolute atomic E-state index is 9.27. The fraction of sp³-hybridized carbons (Fsp3) is 0.727. The molecule has 0 saturated carbocycles. The van der Waals surface area contributed by atoms with E-state index in [9.17, 15) is 5.11 Å². The van der Waals surface area contributed by atoms with Crippen molar-refractivity contribution in [2.75, 3.05) is 70.5 Å². The highest BCUT2D eigenvalue weighted by Gasteiger charge is 2.28. The van der Waals surface area contributed by atoms with Crippen LogP contribution in [-0.4, -0.2) is 90.5 Å². The number of ether oxygens (including phenoxy) is 1. The molecule has 0 amide bonds. The zero-order chi connectivity index (χ0) is 20.5. The first-order valence-electron chi connectivity index (χ1n) is 11.4. The highest BCUT2D eigenvalue weighted by Crippen LogP contribution is 2.41. The highest BCUT2D eigenvalue weighted by molar-refractivity contribution is 7.19. The van der Waals surface area contributed by atoms with Gasteiger partial charge in [0.05, 0.1) is 31.8 Å². The van der Waals surface area contributed by atoms with Crippen LogP contribution in [0.15, 0.2) is 0 Å². The van der Waals surface area contributed by atoms with Gasteiger partial charge in [0.1, 0.15) is 16.5 Å². The third-order valence-electron chi connectivity index (χ3n) is 6.74. The maximum atomic E-state index is 9.27. The molecule has 5 rings (SSSR count). The predicted octanol–water partition coefficient (Wildman–Crippen LogP) is 1.76. The Labute approximate surface area is 182 Å². The lowest BCUT2D eigenvalue weighted by molar-refractivity contribution is 0.0331. The molecule has 1 aliphatic carbocycles. The Kier molecular flexibility index (Phi) is 6.20.